The highest BCUT2D eigenvalue weighted by Crippen LogP contribution is 2.31. The molecule has 0 bridgehead atoms. The predicted octanol–water partition coefficient (Wildman–Crippen LogP) is 4.11. The van der Waals surface area contributed by atoms with Gasteiger partial charge < -0.3 is 10.1 Å². The SMILES string of the molecule is CCOC(=O)c1ccc(NC(=O)C[C@H]2SC(=Nc3cccc(Cl)c3)N(C)C2=O)cc1. The molecule has 1 saturated heterocycles. The molecule has 0 saturated carbocycles. The molecule has 2 amide bonds. The number of amidine groups is 1. The minimum atomic E-state index is -0.563. The first kappa shape index (κ1) is 21.9. The average molecular weight is 446 g/mol. The van der Waals surface area contributed by atoms with Crippen molar-refractivity contribution < 1.29 is 19.1 Å². The molecule has 1 aliphatic heterocycles. The summed E-state index contributed by atoms with van der Waals surface area (Å²) in [4.78, 5) is 42.5. The van der Waals surface area contributed by atoms with Crippen molar-refractivity contribution in [2.75, 3.05) is 19.0 Å². The van der Waals surface area contributed by atoms with Gasteiger partial charge >= 0.3 is 5.97 Å². The summed E-state index contributed by atoms with van der Waals surface area (Å²) in [5.74, 6) is -0.909. The van der Waals surface area contributed by atoms with E-state index in [0.29, 0.717) is 33.7 Å². The van der Waals surface area contributed by atoms with Crippen molar-refractivity contribution in [1.82, 2.24) is 4.90 Å². The minimum absolute atomic E-state index is 0.00202. The van der Waals surface area contributed by atoms with Gasteiger partial charge in [0.05, 0.1) is 17.9 Å². The van der Waals surface area contributed by atoms with Gasteiger partial charge in [-0.15, -0.1) is 0 Å². The van der Waals surface area contributed by atoms with Gasteiger partial charge in [-0.05, 0) is 49.4 Å². The van der Waals surface area contributed by atoms with Crippen LogP contribution < -0.4 is 5.32 Å². The molecule has 3 rings (SSSR count). The topological polar surface area (TPSA) is 88.1 Å². The number of nitrogens with zero attached hydrogens (tertiary/aromatic N) is 2. The maximum atomic E-state index is 12.5. The van der Waals surface area contributed by atoms with Crippen LogP contribution >= 0.6 is 23.4 Å². The molecule has 0 aliphatic carbocycles. The van der Waals surface area contributed by atoms with Crippen LogP contribution in [0.5, 0.6) is 0 Å². The van der Waals surface area contributed by atoms with Crippen LogP contribution in [0.15, 0.2) is 53.5 Å². The van der Waals surface area contributed by atoms with Gasteiger partial charge in [0.2, 0.25) is 11.8 Å². The van der Waals surface area contributed by atoms with Gasteiger partial charge in [-0.25, -0.2) is 9.79 Å². The summed E-state index contributed by atoms with van der Waals surface area (Å²) >= 11 is 7.22. The number of nitrogens with one attached hydrogen (secondary N) is 1. The molecule has 7 nitrogen and oxygen atoms in total. The Labute approximate surface area is 183 Å². The molecule has 2 aromatic carbocycles. The second-order valence-electron chi connectivity index (χ2n) is 6.43. The molecule has 9 heteroatoms. The Balaban J connectivity index is 1.61. The Bertz CT molecular complexity index is 994. The number of carbonyl (C=O) groups is 3. The fourth-order valence-electron chi connectivity index (χ4n) is 2.74. The lowest BCUT2D eigenvalue weighted by atomic mass is 10.2. The number of aliphatic imine (C=N–C) groups is 1. The smallest absolute Gasteiger partial charge is 0.338 e. The number of hydrogen-bond acceptors (Lipinski definition) is 6. The number of benzene rings is 2. The molecule has 1 heterocycles. The normalized spacial score (nSPS) is 17.3. The van der Waals surface area contributed by atoms with Crippen LogP contribution in [0.2, 0.25) is 5.02 Å². The third kappa shape index (κ3) is 5.40. The highest BCUT2D eigenvalue weighted by Gasteiger charge is 2.37. The minimum Gasteiger partial charge on any atom is -0.462 e. The van der Waals surface area contributed by atoms with E-state index in [1.165, 1.54) is 16.7 Å². The zero-order valence-corrected chi connectivity index (χ0v) is 18.0. The lowest BCUT2D eigenvalue weighted by molar-refractivity contribution is -0.127. The molecule has 2 aromatic rings. The summed E-state index contributed by atoms with van der Waals surface area (Å²) in [6.45, 7) is 2.03. The molecule has 0 unspecified atom stereocenters. The van der Waals surface area contributed by atoms with Gasteiger partial charge in [0, 0.05) is 24.2 Å². The highest BCUT2D eigenvalue weighted by atomic mass is 35.5. The van der Waals surface area contributed by atoms with E-state index < -0.39 is 11.2 Å². The van der Waals surface area contributed by atoms with E-state index in [1.54, 1.807) is 62.5 Å². The van der Waals surface area contributed by atoms with E-state index in [-0.39, 0.29) is 18.2 Å². The summed E-state index contributed by atoms with van der Waals surface area (Å²) in [7, 11) is 1.63. The van der Waals surface area contributed by atoms with Gasteiger partial charge in [0.1, 0.15) is 5.25 Å². The third-order valence-corrected chi connectivity index (χ3v) is 5.69. The lowest BCUT2D eigenvalue weighted by Crippen LogP contribution is -2.30. The Morgan fingerprint density at radius 1 is 1.23 bits per heavy atom. The van der Waals surface area contributed by atoms with E-state index in [0.717, 1.165) is 0 Å². The van der Waals surface area contributed by atoms with E-state index in [9.17, 15) is 14.4 Å². The van der Waals surface area contributed by atoms with Crippen LogP contribution in [-0.2, 0) is 14.3 Å². The summed E-state index contributed by atoms with van der Waals surface area (Å²) in [5, 5.41) is 3.25. The molecular formula is C21H20ClN3O4S. The first-order valence-corrected chi connectivity index (χ1v) is 10.5. The third-order valence-electron chi connectivity index (χ3n) is 4.22. The Morgan fingerprint density at radius 2 is 1.97 bits per heavy atom. The predicted molar refractivity (Wildman–Crippen MR) is 118 cm³/mol. The van der Waals surface area contributed by atoms with Crippen molar-refractivity contribution in [2.45, 2.75) is 18.6 Å². The Kier molecular flexibility index (Phi) is 7.12. The fraction of sp³-hybridized carbons (Fsp3) is 0.238. The molecule has 0 aromatic heterocycles. The van der Waals surface area contributed by atoms with Crippen LogP contribution in [0.4, 0.5) is 11.4 Å². The number of thioether (sulfide) groups is 1. The van der Waals surface area contributed by atoms with Gasteiger partial charge in [0.15, 0.2) is 5.17 Å². The van der Waals surface area contributed by atoms with Crippen LogP contribution in [0.3, 0.4) is 0 Å². The van der Waals surface area contributed by atoms with Crippen LogP contribution in [0, 0.1) is 0 Å². The first-order chi connectivity index (χ1) is 14.4. The second-order valence-corrected chi connectivity index (χ2v) is 8.03. The monoisotopic (exact) mass is 445 g/mol. The zero-order valence-electron chi connectivity index (χ0n) is 16.4. The summed E-state index contributed by atoms with van der Waals surface area (Å²) in [6.07, 6.45) is 0.00202. The van der Waals surface area contributed by atoms with Crippen LogP contribution in [-0.4, -0.2) is 46.8 Å². The average Bonchev–Trinajstić information content (AvgIpc) is 2.96. The second kappa shape index (κ2) is 9.77. The molecular weight excluding hydrogens is 426 g/mol. The van der Waals surface area contributed by atoms with E-state index in [4.69, 9.17) is 16.3 Å². The molecule has 1 aliphatic rings. The molecule has 0 spiro atoms. The molecule has 30 heavy (non-hydrogen) atoms. The Morgan fingerprint density at radius 3 is 2.63 bits per heavy atom. The Hall–Kier alpha value is -2.84. The molecule has 156 valence electrons. The maximum Gasteiger partial charge on any atom is 0.338 e. The van der Waals surface area contributed by atoms with Crippen LogP contribution in [0.1, 0.15) is 23.7 Å². The standard InChI is InChI=1S/C21H20ClN3O4S/c1-3-29-20(28)13-7-9-15(10-8-13)23-18(26)12-17-19(27)25(2)21(30-17)24-16-6-4-5-14(22)11-16/h4-11,17H,3,12H2,1-2H3,(H,23,26)/t17-/m1/s1. The number of anilines is 1. The van der Waals surface area contributed by atoms with Gasteiger partial charge in [-0.1, -0.05) is 29.4 Å². The molecule has 0 radical (unpaired) electrons. The van der Waals surface area contributed by atoms with Crippen molar-refractivity contribution in [3.05, 3.63) is 59.1 Å². The van der Waals surface area contributed by atoms with Crippen molar-refractivity contribution in [3.63, 3.8) is 0 Å². The number of ether oxygens (including phenoxy) is 1. The van der Waals surface area contributed by atoms with Gasteiger partial charge in [-0.2, -0.15) is 0 Å². The number of rotatable bonds is 6. The molecule has 1 fully saturated rings. The van der Waals surface area contributed by atoms with E-state index >= 15 is 0 Å². The fourth-order valence-corrected chi connectivity index (χ4v) is 4.08. The van der Waals surface area contributed by atoms with Gasteiger partial charge in [0.25, 0.3) is 0 Å². The van der Waals surface area contributed by atoms with Crippen LogP contribution in [0.25, 0.3) is 0 Å². The zero-order chi connectivity index (χ0) is 21.7. The summed E-state index contributed by atoms with van der Waals surface area (Å²) in [5.41, 5.74) is 1.57. The number of amides is 2. The van der Waals surface area contributed by atoms with E-state index in [2.05, 4.69) is 10.3 Å². The van der Waals surface area contributed by atoms with Crippen molar-refractivity contribution in [1.29, 1.82) is 0 Å². The first-order valence-electron chi connectivity index (χ1n) is 9.23. The van der Waals surface area contributed by atoms with Crippen molar-refractivity contribution >= 4 is 57.7 Å². The number of carbonyl (C=O) groups excluding carboxylic acids is 3. The highest BCUT2D eigenvalue weighted by molar-refractivity contribution is 8.15. The number of esters is 1. The molecule has 1 N–H and O–H groups in total. The lowest BCUT2D eigenvalue weighted by Gasteiger charge is -2.09. The summed E-state index contributed by atoms with van der Waals surface area (Å²) < 4.78 is 4.93. The number of halogens is 1. The van der Waals surface area contributed by atoms with Crippen molar-refractivity contribution in [2.24, 2.45) is 4.99 Å². The number of hydrogen-bond donors (Lipinski definition) is 1. The van der Waals surface area contributed by atoms with E-state index in [1.807, 2.05) is 0 Å². The van der Waals surface area contributed by atoms with Crippen molar-refractivity contribution in [3.8, 4) is 0 Å². The molecule has 1 atom stereocenters. The summed E-state index contributed by atoms with van der Waals surface area (Å²) in [6, 6.07) is 13.4. The van der Waals surface area contributed by atoms with Gasteiger partial charge in [-0.3, -0.25) is 14.5 Å². The quantitative estimate of drug-likeness (QED) is 0.676. The largest absolute Gasteiger partial charge is 0.462 e. The maximum absolute atomic E-state index is 12.5.